The van der Waals surface area contributed by atoms with Gasteiger partial charge < -0.3 is 29.5 Å². The van der Waals surface area contributed by atoms with E-state index >= 15 is 0 Å². The number of carbonyl (C=O) groups excluding carboxylic acids is 3. The van der Waals surface area contributed by atoms with E-state index in [1.165, 1.54) is 0 Å². The third kappa shape index (κ3) is 8.62. The van der Waals surface area contributed by atoms with Crippen molar-refractivity contribution in [1.29, 1.82) is 0 Å². The number of aliphatic hydroxyl groups is 1. The van der Waals surface area contributed by atoms with Gasteiger partial charge in [0.15, 0.2) is 6.29 Å². The van der Waals surface area contributed by atoms with Crippen molar-refractivity contribution < 1.29 is 33.7 Å². The number of alkyl carbamates (subject to hydrolysis) is 1. The van der Waals surface area contributed by atoms with Gasteiger partial charge in [0.25, 0.3) is 5.91 Å². The Morgan fingerprint density at radius 2 is 1.52 bits per heavy atom. The number of nitrogens with zero attached hydrogens (tertiary/aromatic N) is 5. The maximum Gasteiger partial charge on any atom is 0.408 e. The Morgan fingerprint density at radius 1 is 0.827 bits per heavy atom. The Balaban J connectivity index is 0.974. The highest BCUT2D eigenvalue weighted by Gasteiger charge is 2.40. The number of likely N-dealkylation sites (tertiary alicyclic amines) is 1. The zero-order valence-electron chi connectivity index (χ0n) is 28.8. The first-order valence-electron chi connectivity index (χ1n) is 17.6. The van der Waals surface area contributed by atoms with Gasteiger partial charge in [0.05, 0.1) is 31.8 Å². The molecule has 52 heavy (non-hydrogen) atoms. The lowest BCUT2D eigenvalue weighted by atomic mass is 9.99. The Labute approximate surface area is 302 Å². The highest BCUT2D eigenvalue weighted by atomic mass is 16.7. The van der Waals surface area contributed by atoms with Crippen LogP contribution in [0.15, 0.2) is 97.3 Å². The van der Waals surface area contributed by atoms with E-state index in [2.05, 4.69) is 25.1 Å². The van der Waals surface area contributed by atoms with Crippen LogP contribution >= 0.6 is 0 Å². The monoisotopic (exact) mass is 706 g/mol. The maximum atomic E-state index is 13.1. The van der Waals surface area contributed by atoms with Gasteiger partial charge in [-0.15, -0.1) is 0 Å². The van der Waals surface area contributed by atoms with Crippen LogP contribution in [0.25, 0.3) is 0 Å². The van der Waals surface area contributed by atoms with Crippen molar-refractivity contribution in [2.45, 2.75) is 57.1 Å². The summed E-state index contributed by atoms with van der Waals surface area (Å²) in [5, 5.41) is 12.1. The first kappa shape index (κ1) is 35.2. The van der Waals surface area contributed by atoms with Gasteiger partial charge in [-0.25, -0.2) is 14.8 Å². The Kier molecular flexibility index (Phi) is 11.1. The molecule has 3 saturated heterocycles. The fourth-order valence-corrected chi connectivity index (χ4v) is 6.74. The van der Waals surface area contributed by atoms with Crippen molar-refractivity contribution in [2.24, 2.45) is 0 Å². The molecule has 4 heterocycles. The number of carbonyl (C=O) groups is 3. The summed E-state index contributed by atoms with van der Waals surface area (Å²) < 4.78 is 18.4. The molecule has 2 N–H and O–H groups in total. The van der Waals surface area contributed by atoms with Crippen LogP contribution in [-0.4, -0.2) is 87.7 Å². The summed E-state index contributed by atoms with van der Waals surface area (Å²) in [5.74, 6) is -0.0929. The minimum atomic E-state index is -0.978. The molecule has 0 bridgehead atoms. The first-order valence-corrected chi connectivity index (χ1v) is 17.6. The first-order chi connectivity index (χ1) is 25.4. The summed E-state index contributed by atoms with van der Waals surface area (Å²) >= 11 is 0. The number of hydrogen-bond acceptors (Lipinski definition) is 11. The largest absolute Gasteiger partial charge is 0.445 e. The molecule has 1 unspecified atom stereocenters. The molecule has 13 nitrogen and oxygen atoms in total. The number of aromatic nitrogens is 2. The number of imide groups is 1. The zero-order valence-corrected chi connectivity index (χ0v) is 28.8. The molecule has 0 saturated carbocycles. The van der Waals surface area contributed by atoms with Gasteiger partial charge in [-0.3, -0.25) is 19.4 Å². The van der Waals surface area contributed by atoms with Crippen LogP contribution in [0.3, 0.4) is 0 Å². The van der Waals surface area contributed by atoms with E-state index in [-0.39, 0.29) is 44.3 Å². The van der Waals surface area contributed by atoms with Crippen molar-refractivity contribution in [3.8, 4) is 0 Å². The van der Waals surface area contributed by atoms with Crippen molar-refractivity contribution >= 4 is 23.9 Å². The van der Waals surface area contributed by atoms with E-state index in [1.807, 2.05) is 84.9 Å². The van der Waals surface area contributed by atoms with Crippen LogP contribution in [0, 0.1) is 0 Å². The summed E-state index contributed by atoms with van der Waals surface area (Å²) in [4.78, 5) is 52.8. The van der Waals surface area contributed by atoms with Gasteiger partial charge in [0, 0.05) is 57.1 Å². The molecule has 13 heteroatoms. The minimum absolute atomic E-state index is 0.0282. The van der Waals surface area contributed by atoms with E-state index in [9.17, 15) is 19.5 Å². The highest BCUT2D eigenvalue weighted by Crippen LogP contribution is 2.38. The van der Waals surface area contributed by atoms with Gasteiger partial charge in [-0.2, -0.15) is 0 Å². The molecule has 7 rings (SSSR count). The molecule has 4 atom stereocenters. The molecule has 1 aromatic heterocycles. The van der Waals surface area contributed by atoms with E-state index in [0.717, 1.165) is 71.4 Å². The van der Waals surface area contributed by atoms with Crippen LogP contribution in [-0.2, 0) is 43.6 Å². The Morgan fingerprint density at radius 3 is 2.23 bits per heavy atom. The number of hydrogen-bond donors (Lipinski definition) is 2. The van der Waals surface area contributed by atoms with Crippen molar-refractivity contribution in [2.75, 3.05) is 37.6 Å². The second-order valence-corrected chi connectivity index (χ2v) is 13.2. The predicted molar refractivity (Wildman–Crippen MR) is 189 cm³/mol. The molecule has 270 valence electrons. The van der Waals surface area contributed by atoms with Crippen LogP contribution in [0.4, 0.5) is 10.7 Å². The number of nitrogens with one attached hydrogen (secondary N) is 1. The quantitative estimate of drug-likeness (QED) is 0.219. The van der Waals surface area contributed by atoms with Gasteiger partial charge in [-0.05, 0) is 28.3 Å². The molecular formula is C39H42N6O7. The second-order valence-electron chi connectivity index (χ2n) is 13.2. The lowest BCUT2D eigenvalue weighted by Gasteiger charge is -2.40. The standard InChI is InChI=1S/C39H42N6O7/c46-25-28-9-11-30(12-10-28)34-21-32(24-43-17-19-44(20-18-43)38-40-15-4-16-41-38)51-37(52-34)31-13-7-27(8-14-31)23-45-35(47)22-33(36(45)48)42-39(49)50-26-29-5-2-1-3-6-29/h1-16,32-34,37,46H,17-26H2,(H,42,49)/t32-,33?,34+,37+/m0/s1. The summed E-state index contributed by atoms with van der Waals surface area (Å²) in [5.41, 5.74) is 4.23. The molecule has 3 amide bonds. The minimum Gasteiger partial charge on any atom is -0.445 e. The van der Waals surface area contributed by atoms with Gasteiger partial charge in [0.1, 0.15) is 12.6 Å². The van der Waals surface area contributed by atoms with Crippen LogP contribution in [0.2, 0.25) is 0 Å². The fourth-order valence-electron chi connectivity index (χ4n) is 6.74. The number of piperazine rings is 1. The van der Waals surface area contributed by atoms with Gasteiger partial charge >= 0.3 is 6.09 Å². The van der Waals surface area contributed by atoms with Crippen molar-refractivity contribution in [3.05, 3.63) is 125 Å². The lowest BCUT2D eigenvalue weighted by molar-refractivity contribution is -0.253. The third-order valence-corrected chi connectivity index (χ3v) is 9.63. The second kappa shape index (κ2) is 16.4. The van der Waals surface area contributed by atoms with Crippen LogP contribution < -0.4 is 10.2 Å². The van der Waals surface area contributed by atoms with Crippen molar-refractivity contribution in [3.63, 3.8) is 0 Å². The molecule has 3 aromatic carbocycles. The highest BCUT2D eigenvalue weighted by molar-refractivity contribution is 6.06. The Bertz CT molecular complexity index is 1800. The number of anilines is 1. The van der Waals surface area contributed by atoms with Gasteiger partial charge in [0.2, 0.25) is 11.9 Å². The number of ether oxygens (including phenoxy) is 3. The van der Waals surface area contributed by atoms with E-state index in [0.29, 0.717) is 6.42 Å². The smallest absolute Gasteiger partial charge is 0.408 e. The number of rotatable bonds is 11. The predicted octanol–water partition coefficient (Wildman–Crippen LogP) is 3.89. The van der Waals surface area contributed by atoms with E-state index in [1.54, 1.807) is 12.4 Å². The topological polar surface area (TPSA) is 147 Å². The van der Waals surface area contributed by atoms with E-state index < -0.39 is 24.3 Å². The molecule has 0 radical (unpaired) electrons. The summed E-state index contributed by atoms with van der Waals surface area (Å²) in [6, 6.07) is 25.4. The molecule has 3 aliphatic heterocycles. The molecule has 0 spiro atoms. The fraction of sp³-hybridized carbons (Fsp3) is 0.359. The number of aliphatic hydroxyl groups excluding tert-OH is 1. The normalized spacial score (nSPS) is 22.4. The average Bonchev–Trinajstić information content (AvgIpc) is 3.45. The molecule has 4 aromatic rings. The van der Waals surface area contributed by atoms with Crippen LogP contribution in [0.5, 0.6) is 0 Å². The lowest BCUT2D eigenvalue weighted by Crippen LogP contribution is -2.50. The molecular weight excluding hydrogens is 664 g/mol. The number of amides is 3. The van der Waals surface area contributed by atoms with Crippen LogP contribution in [0.1, 0.15) is 53.1 Å². The Hall–Kier alpha value is -5.21. The number of benzene rings is 3. The molecule has 3 fully saturated rings. The van der Waals surface area contributed by atoms with Gasteiger partial charge in [-0.1, -0.05) is 78.9 Å². The zero-order chi connectivity index (χ0) is 35.9. The SMILES string of the molecule is O=C(NC1CC(=O)N(Cc2ccc([C@@H]3O[C@H](CN4CCN(c5ncccn5)CC4)C[C@H](c4ccc(CO)cc4)O3)cc2)C1=O)OCc1ccccc1. The summed E-state index contributed by atoms with van der Waals surface area (Å²) in [6.07, 6.45) is 2.35. The third-order valence-electron chi connectivity index (χ3n) is 9.63. The molecule has 0 aliphatic carbocycles. The van der Waals surface area contributed by atoms with Crippen molar-refractivity contribution in [1.82, 2.24) is 25.1 Å². The summed E-state index contributed by atoms with van der Waals surface area (Å²) in [6.45, 7) is 4.19. The van der Waals surface area contributed by atoms with E-state index in [4.69, 9.17) is 14.2 Å². The maximum absolute atomic E-state index is 13.1. The molecule has 3 aliphatic rings. The summed E-state index contributed by atoms with van der Waals surface area (Å²) in [7, 11) is 0. The average molecular weight is 707 g/mol.